The van der Waals surface area contributed by atoms with Gasteiger partial charge in [-0.15, -0.1) is 0 Å². The van der Waals surface area contributed by atoms with Crippen molar-refractivity contribution in [1.82, 2.24) is 5.32 Å². The Morgan fingerprint density at radius 3 is 2.43 bits per heavy atom. The first-order valence-electron chi connectivity index (χ1n) is 4.95. The Balaban J connectivity index is 2.22. The van der Waals surface area contributed by atoms with Crippen molar-refractivity contribution < 1.29 is 9.53 Å². The molecule has 82 valence electrons. The van der Waals surface area contributed by atoms with Crippen LogP contribution in [0.4, 0.5) is 4.79 Å². The fourth-order valence-corrected chi connectivity index (χ4v) is 1.57. The maximum absolute atomic E-state index is 11.3. The Hall–Kier alpha value is -0.380. The summed E-state index contributed by atoms with van der Waals surface area (Å²) in [4.78, 5) is 11.3. The maximum atomic E-state index is 11.3. The van der Waals surface area contributed by atoms with E-state index in [1.165, 1.54) is 0 Å². The number of hydrogen-bond acceptors (Lipinski definition) is 3. The van der Waals surface area contributed by atoms with Gasteiger partial charge in [0, 0.05) is 6.54 Å². The van der Waals surface area contributed by atoms with Crippen LogP contribution >= 0.6 is 12.6 Å². The van der Waals surface area contributed by atoms with E-state index in [0.29, 0.717) is 6.54 Å². The van der Waals surface area contributed by atoms with Gasteiger partial charge in [-0.25, -0.2) is 4.79 Å². The van der Waals surface area contributed by atoms with Gasteiger partial charge in [0.25, 0.3) is 0 Å². The van der Waals surface area contributed by atoms with Gasteiger partial charge < -0.3 is 10.1 Å². The molecule has 0 aromatic rings. The zero-order valence-corrected chi connectivity index (χ0v) is 9.99. The molecule has 0 bridgehead atoms. The van der Waals surface area contributed by atoms with Crippen molar-refractivity contribution in [2.45, 2.75) is 39.2 Å². The number of hydrogen-bond donors (Lipinski definition) is 2. The number of carbonyl (C=O) groups is 1. The summed E-state index contributed by atoms with van der Waals surface area (Å²) in [6.45, 7) is 6.26. The molecular formula is C10H19NO2S. The average Bonchev–Trinajstić information content (AvgIpc) is 2.78. The molecule has 3 nitrogen and oxygen atoms in total. The number of amides is 1. The first-order chi connectivity index (χ1) is 6.37. The molecule has 1 N–H and O–H groups in total. The standard InChI is InChI=1S/C10H19NO2S/c1-9(2,3)13-8(12)11-6-10(7-14)4-5-10/h14H,4-7H2,1-3H3,(H,11,12). The Labute approximate surface area is 91.0 Å². The van der Waals surface area contributed by atoms with Crippen LogP contribution in [0.2, 0.25) is 0 Å². The van der Waals surface area contributed by atoms with Gasteiger partial charge in [-0.3, -0.25) is 0 Å². The molecule has 0 heterocycles. The van der Waals surface area contributed by atoms with Crippen molar-refractivity contribution in [3.8, 4) is 0 Å². The summed E-state index contributed by atoms with van der Waals surface area (Å²) in [5.41, 5.74) is -0.165. The van der Waals surface area contributed by atoms with Gasteiger partial charge in [0.1, 0.15) is 5.60 Å². The van der Waals surface area contributed by atoms with E-state index in [1.54, 1.807) is 0 Å². The molecule has 0 atom stereocenters. The highest BCUT2D eigenvalue weighted by molar-refractivity contribution is 7.80. The quantitative estimate of drug-likeness (QED) is 0.711. The molecule has 0 aromatic carbocycles. The van der Waals surface area contributed by atoms with Crippen LogP contribution in [0.25, 0.3) is 0 Å². The van der Waals surface area contributed by atoms with E-state index in [1.807, 2.05) is 20.8 Å². The van der Waals surface area contributed by atoms with E-state index in [9.17, 15) is 4.79 Å². The monoisotopic (exact) mass is 217 g/mol. The molecule has 14 heavy (non-hydrogen) atoms. The lowest BCUT2D eigenvalue weighted by atomic mass is 10.1. The van der Waals surface area contributed by atoms with E-state index in [4.69, 9.17) is 4.74 Å². The molecule has 0 aromatic heterocycles. The molecule has 0 aliphatic heterocycles. The molecule has 1 amide bonds. The third kappa shape index (κ3) is 3.78. The smallest absolute Gasteiger partial charge is 0.407 e. The third-order valence-electron chi connectivity index (χ3n) is 2.30. The van der Waals surface area contributed by atoms with Crippen LogP contribution in [0, 0.1) is 5.41 Å². The van der Waals surface area contributed by atoms with Crippen molar-refractivity contribution >= 4 is 18.7 Å². The van der Waals surface area contributed by atoms with Crippen LogP contribution in [-0.2, 0) is 4.74 Å². The SMILES string of the molecule is CC(C)(C)OC(=O)NCC1(CS)CC1. The van der Waals surface area contributed by atoms with Crippen LogP contribution in [0.3, 0.4) is 0 Å². The second-order valence-electron chi connectivity index (χ2n) is 5.01. The number of thiol groups is 1. The van der Waals surface area contributed by atoms with Crippen molar-refractivity contribution in [3.05, 3.63) is 0 Å². The fourth-order valence-electron chi connectivity index (χ4n) is 1.14. The zero-order valence-electron chi connectivity index (χ0n) is 9.09. The highest BCUT2D eigenvalue weighted by atomic mass is 32.1. The molecule has 1 aliphatic carbocycles. The van der Waals surface area contributed by atoms with Crippen molar-refractivity contribution in [1.29, 1.82) is 0 Å². The van der Waals surface area contributed by atoms with Gasteiger partial charge in [-0.05, 0) is 44.8 Å². The van der Waals surface area contributed by atoms with E-state index >= 15 is 0 Å². The van der Waals surface area contributed by atoms with Crippen LogP contribution < -0.4 is 5.32 Å². The summed E-state index contributed by atoms with van der Waals surface area (Å²) in [5.74, 6) is 0.836. The van der Waals surface area contributed by atoms with Crippen molar-refractivity contribution in [3.63, 3.8) is 0 Å². The molecule has 0 saturated heterocycles. The van der Waals surface area contributed by atoms with E-state index < -0.39 is 5.60 Å². The summed E-state index contributed by atoms with van der Waals surface area (Å²) >= 11 is 4.26. The Morgan fingerprint density at radius 1 is 1.50 bits per heavy atom. The molecule has 1 aliphatic rings. The van der Waals surface area contributed by atoms with Crippen LogP contribution in [-0.4, -0.2) is 24.0 Å². The van der Waals surface area contributed by atoms with Gasteiger partial charge in [-0.2, -0.15) is 12.6 Å². The Kier molecular flexibility index (Phi) is 3.35. The predicted octanol–water partition coefficient (Wildman–Crippen LogP) is 2.22. The molecule has 0 radical (unpaired) electrons. The molecule has 1 saturated carbocycles. The normalized spacial score (nSPS) is 18.9. The lowest BCUT2D eigenvalue weighted by molar-refractivity contribution is 0.0518. The highest BCUT2D eigenvalue weighted by Crippen LogP contribution is 2.45. The second-order valence-corrected chi connectivity index (χ2v) is 5.33. The largest absolute Gasteiger partial charge is 0.444 e. The highest BCUT2D eigenvalue weighted by Gasteiger charge is 2.41. The van der Waals surface area contributed by atoms with Crippen molar-refractivity contribution in [2.75, 3.05) is 12.3 Å². The third-order valence-corrected chi connectivity index (χ3v) is 2.97. The molecular weight excluding hydrogens is 198 g/mol. The van der Waals surface area contributed by atoms with E-state index in [2.05, 4.69) is 17.9 Å². The number of alkyl carbamates (subject to hydrolysis) is 1. The number of nitrogens with one attached hydrogen (secondary N) is 1. The van der Waals surface area contributed by atoms with E-state index in [-0.39, 0.29) is 11.5 Å². The Bertz CT molecular complexity index is 219. The second kappa shape index (κ2) is 4.01. The van der Waals surface area contributed by atoms with Gasteiger partial charge in [0.2, 0.25) is 0 Å². The summed E-state index contributed by atoms with van der Waals surface area (Å²) in [6, 6.07) is 0. The molecule has 1 fully saturated rings. The molecule has 0 spiro atoms. The van der Waals surface area contributed by atoms with Gasteiger partial charge in [0.05, 0.1) is 0 Å². The fraction of sp³-hybridized carbons (Fsp3) is 0.900. The first-order valence-corrected chi connectivity index (χ1v) is 5.58. The lowest BCUT2D eigenvalue weighted by Crippen LogP contribution is -2.36. The summed E-state index contributed by atoms with van der Waals surface area (Å²) in [5, 5.41) is 2.78. The minimum atomic E-state index is -0.415. The summed E-state index contributed by atoms with van der Waals surface area (Å²) in [6.07, 6.45) is 1.99. The van der Waals surface area contributed by atoms with Gasteiger partial charge in [-0.1, -0.05) is 0 Å². The van der Waals surface area contributed by atoms with Crippen LogP contribution in [0.15, 0.2) is 0 Å². The lowest BCUT2D eigenvalue weighted by Gasteiger charge is -2.21. The minimum absolute atomic E-state index is 0.250. The van der Waals surface area contributed by atoms with Crippen LogP contribution in [0.1, 0.15) is 33.6 Å². The van der Waals surface area contributed by atoms with Gasteiger partial charge >= 0.3 is 6.09 Å². The molecule has 0 unspecified atom stereocenters. The average molecular weight is 217 g/mol. The minimum Gasteiger partial charge on any atom is -0.444 e. The van der Waals surface area contributed by atoms with Gasteiger partial charge in [0.15, 0.2) is 0 Å². The topological polar surface area (TPSA) is 38.3 Å². The number of ether oxygens (including phenoxy) is 1. The predicted molar refractivity (Wildman–Crippen MR) is 59.8 cm³/mol. The number of rotatable bonds is 3. The molecule has 4 heteroatoms. The molecule has 1 rings (SSSR count). The summed E-state index contributed by atoms with van der Waals surface area (Å²) in [7, 11) is 0. The summed E-state index contributed by atoms with van der Waals surface area (Å²) < 4.78 is 5.13. The van der Waals surface area contributed by atoms with Crippen LogP contribution in [0.5, 0.6) is 0 Å². The Morgan fingerprint density at radius 2 is 2.07 bits per heavy atom. The number of carbonyl (C=O) groups excluding carboxylic acids is 1. The first kappa shape index (κ1) is 11.7. The van der Waals surface area contributed by atoms with E-state index in [0.717, 1.165) is 18.6 Å². The zero-order chi connectivity index (χ0) is 10.8. The van der Waals surface area contributed by atoms with Crippen molar-refractivity contribution in [2.24, 2.45) is 5.41 Å². The maximum Gasteiger partial charge on any atom is 0.407 e.